The van der Waals surface area contributed by atoms with E-state index in [0.29, 0.717) is 24.6 Å². The van der Waals surface area contributed by atoms with E-state index in [9.17, 15) is 4.79 Å². The summed E-state index contributed by atoms with van der Waals surface area (Å²) in [7, 11) is 0. The molecule has 0 saturated carbocycles. The highest BCUT2D eigenvalue weighted by Gasteiger charge is 2.08. The number of anilines is 1. The summed E-state index contributed by atoms with van der Waals surface area (Å²) in [6.07, 6.45) is 1.12. The molecule has 0 aliphatic carbocycles. The third-order valence-corrected chi connectivity index (χ3v) is 3.38. The van der Waals surface area contributed by atoms with E-state index in [1.165, 1.54) is 5.69 Å². The zero-order valence-corrected chi connectivity index (χ0v) is 12.9. The van der Waals surface area contributed by atoms with Crippen LogP contribution in [0.1, 0.15) is 37.6 Å². The van der Waals surface area contributed by atoms with Gasteiger partial charge in [0.25, 0.3) is 5.91 Å². The molecule has 4 nitrogen and oxygen atoms in total. The first-order valence-corrected chi connectivity index (χ1v) is 7.45. The van der Waals surface area contributed by atoms with E-state index < -0.39 is 0 Å². The number of hydrogen-bond donors (Lipinski definition) is 2. The molecule has 0 spiro atoms. The van der Waals surface area contributed by atoms with E-state index in [0.717, 1.165) is 19.5 Å². The van der Waals surface area contributed by atoms with Crippen molar-refractivity contribution in [2.75, 3.05) is 31.1 Å². The summed E-state index contributed by atoms with van der Waals surface area (Å²) in [5.41, 5.74) is 7.40. The molecule has 1 unspecified atom stereocenters. The Bertz CT molecular complexity index is 403. The predicted octanol–water partition coefficient (Wildman–Crippen LogP) is 2.25. The van der Waals surface area contributed by atoms with Crippen LogP contribution >= 0.6 is 0 Å². The van der Waals surface area contributed by atoms with Gasteiger partial charge in [-0.25, -0.2) is 0 Å². The molecule has 0 bridgehead atoms. The number of nitrogens with one attached hydrogen (secondary N) is 1. The van der Waals surface area contributed by atoms with Crippen molar-refractivity contribution >= 4 is 11.6 Å². The first-order chi connectivity index (χ1) is 9.62. The molecule has 112 valence electrons. The summed E-state index contributed by atoms with van der Waals surface area (Å²) < 4.78 is 0. The van der Waals surface area contributed by atoms with Crippen molar-refractivity contribution in [1.82, 2.24) is 5.32 Å². The number of nitrogens with zero attached hydrogens (tertiary/aromatic N) is 1. The molecule has 0 heterocycles. The minimum atomic E-state index is -0.0320. The molecule has 1 aromatic carbocycles. The smallest absolute Gasteiger partial charge is 0.251 e. The summed E-state index contributed by atoms with van der Waals surface area (Å²) in [6.45, 7) is 9.56. The molecule has 3 N–H and O–H groups in total. The van der Waals surface area contributed by atoms with Gasteiger partial charge in [0.05, 0.1) is 0 Å². The molecule has 1 rings (SSSR count). The molecular formula is C16H27N3O. The SMILES string of the molecule is CCCN(CC)c1ccc(C(=O)NCC(C)CN)cc1. The molecule has 1 atom stereocenters. The van der Waals surface area contributed by atoms with Crippen molar-refractivity contribution in [3.05, 3.63) is 29.8 Å². The maximum atomic E-state index is 12.0. The van der Waals surface area contributed by atoms with E-state index in [1.807, 2.05) is 31.2 Å². The van der Waals surface area contributed by atoms with Crippen LogP contribution in [0, 0.1) is 5.92 Å². The Morgan fingerprint density at radius 2 is 1.95 bits per heavy atom. The van der Waals surface area contributed by atoms with Crippen LogP contribution < -0.4 is 16.0 Å². The minimum Gasteiger partial charge on any atom is -0.372 e. The van der Waals surface area contributed by atoms with Gasteiger partial charge in [-0.2, -0.15) is 0 Å². The second kappa shape index (κ2) is 8.59. The summed E-state index contributed by atoms with van der Waals surface area (Å²) in [5, 5.41) is 2.90. The second-order valence-corrected chi connectivity index (χ2v) is 5.18. The summed E-state index contributed by atoms with van der Waals surface area (Å²) in [5.74, 6) is 0.272. The lowest BCUT2D eigenvalue weighted by Gasteiger charge is -2.22. The third-order valence-electron chi connectivity index (χ3n) is 3.38. The summed E-state index contributed by atoms with van der Waals surface area (Å²) in [4.78, 5) is 14.3. The highest BCUT2D eigenvalue weighted by molar-refractivity contribution is 5.94. The van der Waals surface area contributed by atoms with Crippen molar-refractivity contribution in [2.45, 2.75) is 27.2 Å². The van der Waals surface area contributed by atoms with E-state index in [4.69, 9.17) is 5.73 Å². The number of rotatable bonds is 8. The number of carbonyl (C=O) groups excluding carboxylic acids is 1. The number of benzene rings is 1. The van der Waals surface area contributed by atoms with Crippen LogP contribution in [0.2, 0.25) is 0 Å². The molecule has 0 aliphatic heterocycles. The van der Waals surface area contributed by atoms with Gasteiger partial charge < -0.3 is 16.0 Å². The summed E-state index contributed by atoms with van der Waals surface area (Å²) >= 11 is 0. The van der Waals surface area contributed by atoms with Gasteiger partial charge in [-0.15, -0.1) is 0 Å². The van der Waals surface area contributed by atoms with Gasteiger partial charge >= 0.3 is 0 Å². The van der Waals surface area contributed by atoms with E-state index in [1.54, 1.807) is 0 Å². The lowest BCUT2D eigenvalue weighted by molar-refractivity contribution is 0.0948. The lowest BCUT2D eigenvalue weighted by atomic mass is 10.1. The fourth-order valence-electron chi connectivity index (χ4n) is 2.02. The lowest BCUT2D eigenvalue weighted by Crippen LogP contribution is -2.31. The average molecular weight is 277 g/mol. The van der Waals surface area contributed by atoms with Crippen molar-refractivity contribution in [2.24, 2.45) is 11.7 Å². The van der Waals surface area contributed by atoms with Gasteiger partial charge in [0, 0.05) is 30.9 Å². The molecule has 0 aromatic heterocycles. The Hall–Kier alpha value is -1.55. The quantitative estimate of drug-likeness (QED) is 0.766. The summed E-state index contributed by atoms with van der Waals surface area (Å²) in [6, 6.07) is 7.80. The van der Waals surface area contributed by atoms with Crippen molar-refractivity contribution < 1.29 is 4.79 Å². The highest BCUT2D eigenvalue weighted by Crippen LogP contribution is 2.15. The molecule has 0 fully saturated rings. The Kier molecular flexibility index (Phi) is 7.09. The average Bonchev–Trinajstić information content (AvgIpc) is 2.50. The second-order valence-electron chi connectivity index (χ2n) is 5.18. The first kappa shape index (κ1) is 16.5. The van der Waals surface area contributed by atoms with Gasteiger partial charge in [0.1, 0.15) is 0 Å². The number of amides is 1. The van der Waals surface area contributed by atoms with E-state index in [-0.39, 0.29) is 5.91 Å². The molecule has 0 radical (unpaired) electrons. The monoisotopic (exact) mass is 277 g/mol. The van der Waals surface area contributed by atoms with Crippen LogP contribution in [-0.4, -0.2) is 32.1 Å². The van der Waals surface area contributed by atoms with Crippen LogP contribution in [0.4, 0.5) is 5.69 Å². The van der Waals surface area contributed by atoms with Crippen LogP contribution in [0.3, 0.4) is 0 Å². The number of nitrogens with two attached hydrogens (primary N) is 1. The third kappa shape index (κ3) is 4.85. The van der Waals surface area contributed by atoms with Crippen molar-refractivity contribution in [3.63, 3.8) is 0 Å². The highest BCUT2D eigenvalue weighted by atomic mass is 16.1. The molecule has 0 aliphatic rings. The molecule has 20 heavy (non-hydrogen) atoms. The van der Waals surface area contributed by atoms with E-state index in [2.05, 4.69) is 24.1 Å². The molecule has 1 amide bonds. The predicted molar refractivity (Wildman–Crippen MR) is 85.2 cm³/mol. The minimum absolute atomic E-state index is 0.0320. The Morgan fingerprint density at radius 3 is 2.45 bits per heavy atom. The Balaban J connectivity index is 2.63. The Labute approximate surface area is 122 Å². The van der Waals surface area contributed by atoms with Crippen LogP contribution in [0.15, 0.2) is 24.3 Å². The van der Waals surface area contributed by atoms with E-state index >= 15 is 0 Å². The maximum Gasteiger partial charge on any atom is 0.251 e. The van der Waals surface area contributed by atoms with Crippen molar-refractivity contribution in [1.29, 1.82) is 0 Å². The molecule has 4 heteroatoms. The van der Waals surface area contributed by atoms with Gasteiger partial charge in [0.15, 0.2) is 0 Å². The van der Waals surface area contributed by atoms with Crippen LogP contribution in [-0.2, 0) is 0 Å². The first-order valence-electron chi connectivity index (χ1n) is 7.45. The molecular weight excluding hydrogens is 250 g/mol. The fourth-order valence-corrected chi connectivity index (χ4v) is 2.02. The standard InChI is InChI=1S/C16H27N3O/c1-4-10-19(5-2)15-8-6-14(7-9-15)16(20)18-12-13(3)11-17/h6-9,13H,4-5,10-12,17H2,1-3H3,(H,18,20). The zero-order valence-electron chi connectivity index (χ0n) is 12.9. The normalized spacial score (nSPS) is 12.0. The largest absolute Gasteiger partial charge is 0.372 e. The van der Waals surface area contributed by atoms with Crippen LogP contribution in [0.5, 0.6) is 0 Å². The molecule has 1 aromatic rings. The molecule has 0 saturated heterocycles. The van der Waals surface area contributed by atoms with Gasteiger partial charge in [-0.1, -0.05) is 13.8 Å². The fraction of sp³-hybridized carbons (Fsp3) is 0.562. The van der Waals surface area contributed by atoms with Crippen LogP contribution in [0.25, 0.3) is 0 Å². The number of hydrogen-bond acceptors (Lipinski definition) is 3. The maximum absolute atomic E-state index is 12.0. The van der Waals surface area contributed by atoms with Gasteiger partial charge in [-0.05, 0) is 50.1 Å². The van der Waals surface area contributed by atoms with Gasteiger partial charge in [0.2, 0.25) is 0 Å². The zero-order chi connectivity index (χ0) is 15.0. The number of carbonyl (C=O) groups is 1. The van der Waals surface area contributed by atoms with Crippen molar-refractivity contribution in [3.8, 4) is 0 Å². The topological polar surface area (TPSA) is 58.4 Å². The Morgan fingerprint density at radius 1 is 1.30 bits per heavy atom. The van der Waals surface area contributed by atoms with Gasteiger partial charge in [-0.3, -0.25) is 4.79 Å².